The van der Waals surface area contributed by atoms with E-state index in [1.807, 2.05) is 13.0 Å². The number of carboxylic acids is 1. The molecule has 0 aliphatic carbocycles. The second-order valence-corrected chi connectivity index (χ2v) is 5.55. The lowest BCUT2D eigenvalue weighted by Gasteiger charge is -2.13. The van der Waals surface area contributed by atoms with Gasteiger partial charge in [-0.25, -0.2) is 4.99 Å². The summed E-state index contributed by atoms with van der Waals surface area (Å²) in [6, 6.07) is 7.18. The number of carbonyl (C=O) groups is 2. The molecular formula is C14H16N2O4S. The van der Waals surface area contributed by atoms with Gasteiger partial charge in [-0.1, -0.05) is 17.8 Å². The van der Waals surface area contributed by atoms with E-state index < -0.39 is 11.2 Å². The van der Waals surface area contributed by atoms with Crippen molar-refractivity contribution in [3.63, 3.8) is 0 Å². The average Bonchev–Trinajstić information content (AvgIpc) is 2.74. The van der Waals surface area contributed by atoms with Gasteiger partial charge in [0.1, 0.15) is 11.0 Å². The minimum Gasteiger partial charge on any atom is -0.497 e. The van der Waals surface area contributed by atoms with Gasteiger partial charge in [0.15, 0.2) is 5.17 Å². The van der Waals surface area contributed by atoms with E-state index in [0.29, 0.717) is 23.1 Å². The SMILES string of the molecule is CCN1C(=O)C(CC(=O)O)SC1=Nc1cccc(OC)c1. The first-order valence-corrected chi connectivity index (χ1v) is 7.35. The van der Waals surface area contributed by atoms with E-state index >= 15 is 0 Å². The smallest absolute Gasteiger partial charge is 0.305 e. The summed E-state index contributed by atoms with van der Waals surface area (Å²) in [6.07, 6.45) is -0.197. The number of aliphatic carboxylic acids is 1. The van der Waals surface area contributed by atoms with Gasteiger partial charge in [-0.15, -0.1) is 0 Å². The van der Waals surface area contributed by atoms with Gasteiger partial charge in [0, 0.05) is 12.6 Å². The summed E-state index contributed by atoms with van der Waals surface area (Å²) in [5.41, 5.74) is 0.666. The summed E-state index contributed by atoms with van der Waals surface area (Å²) in [5, 5.41) is 8.78. The van der Waals surface area contributed by atoms with E-state index in [0.717, 1.165) is 0 Å². The second-order valence-electron chi connectivity index (χ2n) is 4.38. The molecular weight excluding hydrogens is 292 g/mol. The number of thioether (sulfide) groups is 1. The summed E-state index contributed by atoms with van der Waals surface area (Å²) in [6.45, 7) is 2.30. The molecule has 0 saturated carbocycles. The Morgan fingerprint density at radius 2 is 2.29 bits per heavy atom. The topological polar surface area (TPSA) is 79.2 Å². The van der Waals surface area contributed by atoms with Crippen LogP contribution in [0.3, 0.4) is 0 Å². The Balaban J connectivity index is 2.26. The van der Waals surface area contributed by atoms with Crippen LogP contribution in [0.25, 0.3) is 0 Å². The van der Waals surface area contributed by atoms with Gasteiger partial charge >= 0.3 is 5.97 Å². The van der Waals surface area contributed by atoms with Gasteiger partial charge in [0.2, 0.25) is 5.91 Å². The number of amidine groups is 1. The standard InChI is InChI=1S/C14H16N2O4S/c1-3-16-13(19)11(8-12(17)18)21-14(16)15-9-5-4-6-10(7-9)20-2/h4-7,11H,3,8H2,1-2H3,(H,17,18). The van der Waals surface area contributed by atoms with Crippen LogP contribution in [0.5, 0.6) is 5.75 Å². The number of nitrogens with zero attached hydrogens (tertiary/aromatic N) is 2. The Hall–Kier alpha value is -2.02. The molecule has 21 heavy (non-hydrogen) atoms. The van der Waals surface area contributed by atoms with Crippen molar-refractivity contribution in [1.29, 1.82) is 0 Å². The van der Waals surface area contributed by atoms with E-state index in [-0.39, 0.29) is 12.3 Å². The molecule has 1 aliphatic rings. The van der Waals surface area contributed by atoms with Crippen LogP contribution >= 0.6 is 11.8 Å². The molecule has 6 nitrogen and oxygen atoms in total. The lowest BCUT2D eigenvalue weighted by Crippen LogP contribution is -2.32. The number of carbonyl (C=O) groups excluding carboxylic acids is 1. The van der Waals surface area contributed by atoms with Gasteiger partial charge < -0.3 is 9.84 Å². The molecule has 112 valence electrons. The van der Waals surface area contributed by atoms with E-state index in [1.165, 1.54) is 16.7 Å². The first kappa shape index (κ1) is 15.4. The van der Waals surface area contributed by atoms with Crippen molar-refractivity contribution in [2.24, 2.45) is 4.99 Å². The van der Waals surface area contributed by atoms with Crippen molar-refractivity contribution in [2.75, 3.05) is 13.7 Å². The van der Waals surface area contributed by atoms with Crippen LogP contribution in [0.15, 0.2) is 29.3 Å². The molecule has 0 bridgehead atoms. The third-order valence-electron chi connectivity index (χ3n) is 2.97. The predicted octanol–water partition coefficient (Wildman–Crippen LogP) is 2.12. The Kier molecular flexibility index (Phi) is 4.85. The van der Waals surface area contributed by atoms with E-state index in [2.05, 4.69) is 4.99 Å². The molecule has 1 fully saturated rings. The molecule has 1 atom stereocenters. The molecule has 0 spiro atoms. The Labute approximate surface area is 126 Å². The van der Waals surface area contributed by atoms with Crippen LogP contribution < -0.4 is 4.74 Å². The van der Waals surface area contributed by atoms with Gasteiger partial charge in [-0.05, 0) is 19.1 Å². The summed E-state index contributed by atoms with van der Waals surface area (Å²) in [4.78, 5) is 28.9. The number of aliphatic imine (C=N–C) groups is 1. The number of hydrogen-bond acceptors (Lipinski definition) is 5. The minimum absolute atomic E-state index is 0.197. The summed E-state index contributed by atoms with van der Waals surface area (Å²) in [7, 11) is 1.57. The third kappa shape index (κ3) is 3.55. The molecule has 2 rings (SSSR count). The molecule has 7 heteroatoms. The molecule has 1 amide bonds. The quantitative estimate of drug-likeness (QED) is 0.901. The maximum atomic E-state index is 12.1. The highest BCUT2D eigenvalue weighted by Gasteiger charge is 2.38. The highest BCUT2D eigenvalue weighted by atomic mass is 32.2. The lowest BCUT2D eigenvalue weighted by atomic mass is 10.3. The van der Waals surface area contributed by atoms with Crippen LogP contribution in [0, 0.1) is 0 Å². The predicted molar refractivity (Wildman–Crippen MR) is 81.1 cm³/mol. The molecule has 0 radical (unpaired) electrons. The molecule has 1 aliphatic heterocycles. The van der Waals surface area contributed by atoms with Crippen molar-refractivity contribution < 1.29 is 19.4 Å². The minimum atomic E-state index is -0.987. The van der Waals surface area contributed by atoms with E-state index in [9.17, 15) is 9.59 Å². The Morgan fingerprint density at radius 1 is 1.52 bits per heavy atom. The van der Waals surface area contributed by atoms with Crippen LogP contribution in [0.4, 0.5) is 5.69 Å². The number of benzene rings is 1. The van der Waals surface area contributed by atoms with Crippen LogP contribution in [0.2, 0.25) is 0 Å². The highest BCUT2D eigenvalue weighted by Crippen LogP contribution is 2.32. The van der Waals surface area contributed by atoms with Crippen molar-refractivity contribution in [3.8, 4) is 5.75 Å². The van der Waals surface area contributed by atoms with Crippen molar-refractivity contribution in [3.05, 3.63) is 24.3 Å². The number of hydrogen-bond donors (Lipinski definition) is 1. The monoisotopic (exact) mass is 308 g/mol. The first-order chi connectivity index (χ1) is 10.0. The van der Waals surface area contributed by atoms with Crippen molar-refractivity contribution in [2.45, 2.75) is 18.6 Å². The summed E-state index contributed by atoms with van der Waals surface area (Å²) < 4.78 is 5.13. The average molecular weight is 308 g/mol. The largest absolute Gasteiger partial charge is 0.497 e. The number of amides is 1. The molecule has 1 heterocycles. The second kappa shape index (κ2) is 6.62. The number of ether oxygens (including phenoxy) is 1. The highest BCUT2D eigenvalue weighted by molar-refractivity contribution is 8.15. The zero-order valence-corrected chi connectivity index (χ0v) is 12.6. The number of rotatable bonds is 5. The molecule has 0 aromatic heterocycles. The molecule has 1 aromatic carbocycles. The van der Waals surface area contributed by atoms with Gasteiger partial charge in [-0.2, -0.15) is 0 Å². The Morgan fingerprint density at radius 3 is 2.90 bits per heavy atom. The summed E-state index contributed by atoms with van der Waals surface area (Å²) in [5.74, 6) is -0.512. The van der Waals surface area contributed by atoms with Crippen LogP contribution in [-0.4, -0.2) is 46.0 Å². The van der Waals surface area contributed by atoms with Crippen molar-refractivity contribution >= 4 is 34.5 Å². The maximum absolute atomic E-state index is 12.1. The fourth-order valence-electron chi connectivity index (χ4n) is 1.97. The van der Waals surface area contributed by atoms with Gasteiger partial charge in [0.05, 0.1) is 19.2 Å². The first-order valence-electron chi connectivity index (χ1n) is 6.47. The van der Waals surface area contributed by atoms with Gasteiger partial charge in [-0.3, -0.25) is 14.5 Å². The fourth-order valence-corrected chi connectivity index (χ4v) is 3.18. The number of methoxy groups -OCH3 is 1. The summed E-state index contributed by atoms with van der Waals surface area (Å²) >= 11 is 1.19. The van der Waals surface area contributed by atoms with Gasteiger partial charge in [0.25, 0.3) is 0 Å². The number of carboxylic acid groups (broad SMARTS) is 1. The van der Waals surface area contributed by atoms with Crippen molar-refractivity contribution in [1.82, 2.24) is 4.90 Å². The Bertz CT molecular complexity index is 588. The maximum Gasteiger partial charge on any atom is 0.305 e. The molecule has 1 N–H and O–H groups in total. The van der Waals surface area contributed by atoms with Crippen LogP contribution in [0.1, 0.15) is 13.3 Å². The lowest BCUT2D eigenvalue weighted by molar-refractivity contribution is -0.139. The molecule has 1 aromatic rings. The fraction of sp³-hybridized carbons (Fsp3) is 0.357. The van der Waals surface area contributed by atoms with E-state index in [1.54, 1.807) is 25.3 Å². The van der Waals surface area contributed by atoms with E-state index in [4.69, 9.17) is 9.84 Å². The molecule has 1 saturated heterocycles. The zero-order valence-electron chi connectivity index (χ0n) is 11.8. The normalized spacial score (nSPS) is 20.1. The third-order valence-corrected chi connectivity index (χ3v) is 4.15. The zero-order chi connectivity index (χ0) is 15.4. The van der Waals surface area contributed by atoms with Crippen LogP contribution in [-0.2, 0) is 9.59 Å². The molecule has 1 unspecified atom stereocenters.